The largest absolute Gasteiger partial charge is 0.288 e. The third-order valence-corrected chi connectivity index (χ3v) is 4.83. The van der Waals surface area contributed by atoms with Crippen molar-refractivity contribution in [1.29, 1.82) is 0 Å². The quantitative estimate of drug-likeness (QED) is 0.848. The van der Waals surface area contributed by atoms with Crippen LogP contribution in [0.15, 0.2) is 30.3 Å². The molecular formula is C12H16ClNO3S. The SMILES string of the molecule is CN(C)C1(S(=O)(=O)O)CC=Cc2ccccc21.Cl. The molecular weight excluding hydrogens is 274 g/mol. The lowest BCUT2D eigenvalue weighted by Gasteiger charge is -2.39. The number of hydrogen-bond acceptors (Lipinski definition) is 3. The number of benzene rings is 1. The molecule has 2 rings (SSSR count). The van der Waals surface area contributed by atoms with Gasteiger partial charge < -0.3 is 0 Å². The predicted octanol–water partition coefficient (Wildman–Crippen LogP) is 2.13. The van der Waals surface area contributed by atoms with Crippen LogP contribution in [0.1, 0.15) is 17.5 Å². The molecule has 4 nitrogen and oxygen atoms in total. The van der Waals surface area contributed by atoms with Crippen LogP contribution < -0.4 is 0 Å². The van der Waals surface area contributed by atoms with Crippen molar-refractivity contribution < 1.29 is 13.0 Å². The highest BCUT2D eigenvalue weighted by Crippen LogP contribution is 2.41. The van der Waals surface area contributed by atoms with Crippen LogP contribution in [0, 0.1) is 0 Å². The Morgan fingerprint density at radius 3 is 2.44 bits per heavy atom. The van der Waals surface area contributed by atoms with Crippen LogP contribution in [0.3, 0.4) is 0 Å². The maximum absolute atomic E-state index is 11.8. The highest BCUT2D eigenvalue weighted by Gasteiger charge is 2.48. The van der Waals surface area contributed by atoms with E-state index in [-0.39, 0.29) is 18.8 Å². The van der Waals surface area contributed by atoms with Crippen LogP contribution in [-0.2, 0) is 15.0 Å². The molecule has 1 aromatic carbocycles. The number of nitrogens with zero attached hydrogens (tertiary/aromatic N) is 1. The smallest absolute Gasteiger partial charge is 0.285 e. The van der Waals surface area contributed by atoms with E-state index in [1.165, 1.54) is 0 Å². The van der Waals surface area contributed by atoms with Gasteiger partial charge in [-0.15, -0.1) is 12.4 Å². The molecule has 18 heavy (non-hydrogen) atoms. The van der Waals surface area contributed by atoms with Gasteiger partial charge >= 0.3 is 0 Å². The fourth-order valence-corrected chi connectivity index (χ4v) is 3.58. The minimum atomic E-state index is -4.23. The Bertz CT molecular complexity index is 568. The first-order valence-corrected chi connectivity index (χ1v) is 6.74. The van der Waals surface area contributed by atoms with Gasteiger partial charge in [-0.2, -0.15) is 8.42 Å². The third kappa shape index (κ3) is 2.07. The van der Waals surface area contributed by atoms with Crippen LogP contribution in [0.25, 0.3) is 6.08 Å². The standard InChI is InChI=1S/C12H15NO3S.ClH/c1-13(2)12(17(14,15)16)9-5-7-10-6-3-4-8-11(10)12;/h3-8H,9H2,1-2H3,(H,14,15,16);1H. The van der Waals surface area contributed by atoms with Gasteiger partial charge in [0.25, 0.3) is 10.1 Å². The van der Waals surface area contributed by atoms with Crippen molar-refractivity contribution >= 4 is 28.6 Å². The van der Waals surface area contributed by atoms with E-state index < -0.39 is 15.0 Å². The van der Waals surface area contributed by atoms with Crippen LogP contribution in [-0.4, -0.2) is 32.0 Å². The van der Waals surface area contributed by atoms with E-state index in [4.69, 9.17) is 0 Å². The van der Waals surface area contributed by atoms with Crippen molar-refractivity contribution in [3.8, 4) is 0 Å². The van der Waals surface area contributed by atoms with Crippen molar-refractivity contribution in [2.24, 2.45) is 0 Å². The van der Waals surface area contributed by atoms with Crippen molar-refractivity contribution in [2.75, 3.05) is 14.1 Å². The van der Waals surface area contributed by atoms with Crippen molar-refractivity contribution in [3.63, 3.8) is 0 Å². The Morgan fingerprint density at radius 1 is 1.28 bits per heavy atom. The van der Waals surface area contributed by atoms with Gasteiger partial charge in [-0.3, -0.25) is 9.45 Å². The lowest BCUT2D eigenvalue weighted by atomic mass is 9.91. The molecule has 1 aliphatic rings. The highest BCUT2D eigenvalue weighted by molar-refractivity contribution is 7.86. The average molecular weight is 290 g/mol. The zero-order chi connectivity index (χ0) is 12.7. The molecule has 0 aliphatic heterocycles. The van der Waals surface area contributed by atoms with E-state index in [1.54, 1.807) is 37.2 Å². The minimum Gasteiger partial charge on any atom is -0.285 e. The summed E-state index contributed by atoms with van der Waals surface area (Å²) in [6.07, 6.45) is 3.90. The van der Waals surface area contributed by atoms with Gasteiger partial charge in [0.1, 0.15) is 0 Å². The highest BCUT2D eigenvalue weighted by atomic mass is 35.5. The molecule has 0 amide bonds. The summed E-state index contributed by atoms with van der Waals surface area (Å²) in [4.78, 5) is 0.170. The van der Waals surface area contributed by atoms with Crippen molar-refractivity contribution in [2.45, 2.75) is 11.3 Å². The molecule has 1 unspecified atom stereocenters. The Balaban J connectivity index is 0.00000162. The fourth-order valence-electron chi connectivity index (χ4n) is 2.35. The second kappa shape index (κ2) is 5.01. The molecule has 0 bridgehead atoms. The molecule has 1 aliphatic carbocycles. The van der Waals surface area contributed by atoms with Gasteiger partial charge in [-0.25, -0.2) is 0 Å². The summed E-state index contributed by atoms with van der Waals surface area (Å²) in [5.74, 6) is 0. The molecule has 1 atom stereocenters. The summed E-state index contributed by atoms with van der Waals surface area (Å²) in [7, 11) is -0.913. The molecule has 0 saturated heterocycles. The summed E-state index contributed by atoms with van der Waals surface area (Å²) in [5, 5.41) is 0. The first kappa shape index (κ1) is 15.2. The van der Waals surface area contributed by atoms with E-state index >= 15 is 0 Å². The zero-order valence-electron chi connectivity index (χ0n) is 10.2. The monoisotopic (exact) mass is 289 g/mol. The van der Waals surface area contributed by atoms with E-state index in [0.717, 1.165) is 5.56 Å². The Morgan fingerprint density at radius 2 is 1.89 bits per heavy atom. The van der Waals surface area contributed by atoms with Gasteiger partial charge in [0.15, 0.2) is 4.87 Å². The minimum absolute atomic E-state index is 0. The molecule has 1 aromatic rings. The molecule has 0 spiro atoms. The fraction of sp³-hybridized carbons (Fsp3) is 0.333. The number of fused-ring (bicyclic) bond motifs is 1. The number of hydrogen-bond donors (Lipinski definition) is 1. The molecule has 100 valence electrons. The molecule has 0 radical (unpaired) electrons. The first-order chi connectivity index (χ1) is 7.89. The first-order valence-electron chi connectivity index (χ1n) is 5.30. The van der Waals surface area contributed by atoms with Gasteiger partial charge in [-0.05, 0) is 25.2 Å². The van der Waals surface area contributed by atoms with Crippen molar-refractivity contribution in [1.82, 2.24) is 4.90 Å². The molecule has 0 fully saturated rings. The van der Waals surface area contributed by atoms with Gasteiger partial charge in [-0.1, -0.05) is 36.4 Å². The average Bonchev–Trinajstić information content (AvgIpc) is 2.26. The molecule has 6 heteroatoms. The summed E-state index contributed by atoms with van der Waals surface area (Å²) in [6, 6.07) is 7.21. The second-order valence-electron chi connectivity index (χ2n) is 4.35. The Kier molecular flexibility index (Phi) is 4.23. The van der Waals surface area contributed by atoms with Crippen LogP contribution in [0.2, 0.25) is 0 Å². The molecule has 0 aromatic heterocycles. The van der Waals surface area contributed by atoms with E-state index in [2.05, 4.69) is 0 Å². The summed E-state index contributed by atoms with van der Waals surface area (Å²) in [5.41, 5.74) is 1.44. The van der Waals surface area contributed by atoms with Gasteiger partial charge in [0.05, 0.1) is 0 Å². The van der Waals surface area contributed by atoms with Gasteiger partial charge in [0.2, 0.25) is 0 Å². The topological polar surface area (TPSA) is 57.6 Å². The maximum Gasteiger partial charge on any atom is 0.288 e. The Hall–Kier alpha value is -0.880. The molecule has 0 heterocycles. The van der Waals surface area contributed by atoms with Crippen LogP contribution in [0.4, 0.5) is 0 Å². The maximum atomic E-state index is 11.8. The number of rotatable bonds is 2. The molecule has 1 N–H and O–H groups in total. The Labute approximate surface area is 113 Å². The summed E-state index contributed by atoms with van der Waals surface area (Å²) in [6.45, 7) is 0. The van der Waals surface area contributed by atoms with Crippen LogP contribution in [0.5, 0.6) is 0 Å². The van der Waals surface area contributed by atoms with Gasteiger partial charge in [0, 0.05) is 6.42 Å². The predicted molar refractivity (Wildman–Crippen MR) is 74.3 cm³/mol. The van der Waals surface area contributed by atoms with E-state index in [1.807, 2.05) is 18.2 Å². The van der Waals surface area contributed by atoms with Crippen LogP contribution >= 0.6 is 12.4 Å². The normalized spacial score (nSPS) is 22.4. The summed E-state index contributed by atoms with van der Waals surface area (Å²) < 4.78 is 33.2. The lowest BCUT2D eigenvalue weighted by Crippen LogP contribution is -2.48. The zero-order valence-corrected chi connectivity index (χ0v) is 11.8. The van der Waals surface area contributed by atoms with E-state index in [9.17, 15) is 13.0 Å². The summed E-state index contributed by atoms with van der Waals surface area (Å²) >= 11 is 0. The number of halogens is 1. The lowest BCUT2D eigenvalue weighted by molar-refractivity contribution is 0.224. The third-order valence-electron chi connectivity index (χ3n) is 3.22. The second-order valence-corrected chi connectivity index (χ2v) is 5.97. The van der Waals surface area contributed by atoms with E-state index in [0.29, 0.717) is 5.56 Å². The van der Waals surface area contributed by atoms with Crippen molar-refractivity contribution in [3.05, 3.63) is 41.5 Å². The molecule has 0 saturated carbocycles.